The molecule has 9 heteroatoms. The second-order valence-electron chi connectivity index (χ2n) is 6.06. The highest BCUT2D eigenvalue weighted by atomic mass is 32.2. The topological polar surface area (TPSA) is 78.1 Å². The smallest absolute Gasteiger partial charge is 0.244 e. The molecule has 1 aromatic heterocycles. The monoisotopic (exact) mass is 388 g/mol. The van der Waals surface area contributed by atoms with Crippen molar-refractivity contribution < 1.29 is 18.4 Å². The molecule has 0 unspecified atom stereocenters. The maximum absolute atomic E-state index is 13.9. The average Bonchev–Trinajstić information content (AvgIpc) is 3.23. The van der Waals surface area contributed by atoms with Gasteiger partial charge in [-0.25, -0.2) is 13.8 Å². The van der Waals surface area contributed by atoms with Gasteiger partial charge in [-0.3, -0.25) is 9.59 Å². The van der Waals surface area contributed by atoms with E-state index in [4.69, 9.17) is 0 Å². The first kappa shape index (κ1) is 17.5. The molecule has 0 aliphatic carbocycles. The van der Waals surface area contributed by atoms with Gasteiger partial charge in [0, 0.05) is 5.69 Å². The van der Waals surface area contributed by atoms with Gasteiger partial charge in [0.25, 0.3) is 0 Å². The van der Waals surface area contributed by atoms with Gasteiger partial charge in [0.1, 0.15) is 24.0 Å². The minimum Gasteiger partial charge on any atom is -0.338 e. The van der Waals surface area contributed by atoms with Gasteiger partial charge < -0.3 is 15.2 Å². The van der Waals surface area contributed by atoms with Crippen LogP contribution in [0.1, 0.15) is 0 Å². The maximum Gasteiger partial charge on any atom is 0.244 e. The summed E-state index contributed by atoms with van der Waals surface area (Å²) in [6, 6.07) is 8.13. The molecule has 0 saturated carbocycles. The summed E-state index contributed by atoms with van der Waals surface area (Å²) in [4.78, 5) is 32.4. The van der Waals surface area contributed by atoms with Crippen LogP contribution in [0.15, 0.2) is 36.4 Å². The predicted octanol–water partition coefficient (Wildman–Crippen LogP) is 2.98. The summed E-state index contributed by atoms with van der Waals surface area (Å²) in [7, 11) is 0. The first-order valence-electron chi connectivity index (χ1n) is 8.10. The Morgan fingerprint density at radius 1 is 1.26 bits per heavy atom. The van der Waals surface area contributed by atoms with Crippen LogP contribution in [-0.2, 0) is 9.59 Å². The Kier molecular flexibility index (Phi) is 4.53. The van der Waals surface area contributed by atoms with Gasteiger partial charge in [0.05, 0.1) is 28.2 Å². The van der Waals surface area contributed by atoms with Crippen molar-refractivity contribution in [2.45, 2.75) is 0 Å². The standard InChI is InChI=1S/C18H14F2N4O2S/c19-10-1-3-13(20)12(5-10)18-22-14-4-2-11(6-15(14)23-18)21-16(25)7-24-9-27-8-17(24)26/h1-6H,7-9H2,(H,21,25)(H,22,23). The van der Waals surface area contributed by atoms with Crippen LogP contribution in [-0.4, -0.2) is 44.9 Å². The number of nitrogens with zero attached hydrogens (tertiary/aromatic N) is 2. The number of imidazole rings is 1. The third-order valence-electron chi connectivity index (χ3n) is 4.11. The van der Waals surface area contributed by atoms with Gasteiger partial charge in [-0.05, 0) is 36.4 Å². The summed E-state index contributed by atoms with van der Waals surface area (Å²) in [5.74, 6) is -0.403. The average molecular weight is 388 g/mol. The Labute approximate surface area is 157 Å². The minimum absolute atomic E-state index is 0.00734. The van der Waals surface area contributed by atoms with Crippen molar-refractivity contribution >= 4 is 40.3 Å². The van der Waals surface area contributed by atoms with E-state index in [1.165, 1.54) is 16.7 Å². The molecule has 3 aromatic rings. The Hall–Kier alpha value is -2.94. The second-order valence-corrected chi connectivity index (χ2v) is 7.01. The summed E-state index contributed by atoms with van der Waals surface area (Å²) >= 11 is 1.47. The number of anilines is 1. The molecule has 1 fully saturated rings. The van der Waals surface area contributed by atoms with Crippen molar-refractivity contribution in [1.29, 1.82) is 0 Å². The summed E-state index contributed by atoms with van der Waals surface area (Å²) < 4.78 is 27.3. The third-order valence-corrected chi connectivity index (χ3v) is 5.05. The molecule has 4 rings (SSSR count). The molecule has 1 aliphatic rings. The highest BCUT2D eigenvalue weighted by molar-refractivity contribution is 8.00. The number of hydrogen-bond acceptors (Lipinski definition) is 4. The number of aromatic amines is 1. The Morgan fingerprint density at radius 3 is 2.89 bits per heavy atom. The molecule has 0 spiro atoms. The van der Waals surface area contributed by atoms with Gasteiger partial charge in [0.2, 0.25) is 11.8 Å². The molecule has 2 N–H and O–H groups in total. The van der Waals surface area contributed by atoms with E-state index in [1.54, 1.807) is 18.2 Å². The lowest BCUT2D eigenvalue weighted by Gasteiger charge is -2.14. The highest BCUT2D eigenvalue weighted by Gasteiger charge is 2.23. The Morgan fingerprint density at radius 2 is 2.11 bits per heavy atom. The molecule has 27 heavy (non-hydrogen) atoms. The van der Waals surface area contributed by atoms with Crippen molar-refractivity contribution in [2.75, 3.05) is 23.5 Å². The van der Waals surface area contributed by atoms with E-state index in [-0.39, 0.29) is 29.7 Å². The van der Waals surface area contributed by atoms with Gasteiger partial charge in [-0.1, -0.05) is 0 Å². The van der Waals surface area contributed by atoms with Gasteiger partial charge in [-0.2, -0.15) is 0 Å². The number of H-pyrrole nitrogens is 1. The number of carbonyl (C=O) groups excluding carboxylic acids is 2. The molecule has 2 heterocycles. The number of nitrogens with one attached hydrogen (secondary N) is 2. The van der Waals surface area contributed by atoms with Crippen molar-refractivity contribution in [2.24, 2.45) is 0 Å². The fourth-order valence-electron chi connectivity index (χ4n) is 2.81. The van der Waals surface area contributed by atoms with Crippen LogP contribution in [0.4, 0.5) is 14.5 Å². The molecule has 138 valence electrons. The van der Waals surface area contributed by atoms with Crippen molar-refractivity contribution in [3.63, 3.8) is 0 Å². The van der Waals surface area contributed by atoms with Gasteiger partial charge >= 0.3 is 0 Å². The largest absolute Gasteiger partial charge is 0.338 e. The number of benzene rings is 2. The van der Waals surface area contributed by atoms with Crippen LogP contribution in [0.2, 0.25) is 0 Å². The molecule has 0 bridgehead atoms. The molecule has 1 aliphatic heterocycles. The van der Waals surface area contributed by atoms with E-state index in [0.29, 0.717) is 28.4 Å². The fraction of sp³-hybridized carbons (Fsp3) is 0.167. The summed E-state index contributed by atoms with van der Waals surface area (Å²) in [6.45, 7) is -0.00734. The molecule has 0 radical (unpaired) electrons. The lowest BCUT2D eigenvalue weighted by Crippen LogP contribution is -2.34. The zero-order chi connectivity index (χ0) is 19.0. The van der Waals surface area contributed by atoms with Crippen LogP contribution >= 0.6 is 11.8 Å². The zero-order valence-corrected chi connectivity index (χ0v) is 14.8. The van der Waals surface area contributed by atoms with Crippen LogP contribution in [0, 0.1) is 11.6 Å². The molecule has 2 amide bonds. The summed E-state index contributed by atoms with van der Waals surface area (Å²) in [5.41, 5.74) is 1.67. The number of halogens is 2. The van der Waals surface area contributed by atoms with Crippen LogP contribution in [0.25, 0.3) is 22.4 Å². The number of thioether (sulfide) groups is 1. The van der Waals surface area contributed by atoms with E-state index in [2.05, 4.69) is 15.3 Å². The summed E-state index contributed by atoms with van der Waals surface area (Å²) in [5, 5.41) is 2.73. The molecule has 1 saturated heterocycles. The lowest BCUT2D eigenvalue weighted by atomic mass is 10.2. The molecule has 6 nitrogen and oxygen atoms in total. The second kappa shape index (κ2) is 6.99. The number of amides is 2. The van der Waals surface area contributed by atoms with E-state index in [9.17, 15) is 18.4 Å². The van der Waals surface area contributed by atoms with Crippen LogP contribution < -0.4 is 5.32 Å². The Bertz CT molecular complexity index is 1050. The SMILES string of the molecule is O=C(CN1CSCC1=O)Nc1ccc2nc(-c3cc(F)ccc3F)[nH]c2c1. The molecule has 0 atom stereocenters. The van der Waals surface area contributed by atoms with Crippen LogP contribution in [0.5, 0.6) is 0 Å². The first-order chi connectivity index (χ1) is 13.0. The van der Waals surface area contributed by atoms with Crippen molar-refractivity contribution in [3.05, 3.63) is 48.0 Å². The Balaban J connectivity index is 1.55. The normalized spacial score (nSPS) is 14.1. The van der Waals surface area contributed by atoms with Crippen LogP contribution in [0.3, 0.4) is 0 Å². The fourth-order valence-corrected chi connectivity index (χ4v) is 3.71. The molecular weight excluding hydrogens is 374 g/mol. The quantitative estimate of drug-likeness (QED) is 0.720. The number of carbonyl (C=O) groups is 2. The van der Waals surface area contributed by atoms with E-state index in [1.807, 2.05) is 0 Å². The van der Waals surface area contributed by atoms with Crippen molar-refractivity contribution in [3.8, 4) is 11.4 Å². The number of rotatable bonds is 4. The third kappa shape index (κ3) is 3.63. The number of aromatic nitrogens is 2. The predicted molar refractivity (Wildman–Crippen MR) is 99.1 cm³/mol. The van der Waals surface area contributed by atoms with E-state index < -0.39 is 11.6 Å². The number of fused-ring (bicyclic) bond motifs is 1. The summed E-state index contributed by atoms with van der Waals surface area (Å²) in [6.07, 6.45) is 0. The van der Waals surface area contributed by atoms with E-state index in [0.717, 1.165) is 18.2 Å². The molecule has 2 aromatic carbocycles. The van der Waals surface area contributed by atoms with E-state index >= 15 is 0 Å². The first-order valence-corrected chi connectivity index (χ1v) is 9.25. The molecular formula is C18H14F2N4O2S. The lowest BCUT2D eigenvalue weighted by molar-refractivity contribution is -0.130. The maximum atomic E-state index is 13.9. The van der Waals surface area contributed by atoms with Crippen molar-refractivity contribution in [1.82, 2.24) is 14.9 Å². The van der Waals surface area contributed by atoms with Gasteiger partial charge in [0.15, 0.2) is 0 Å². The number of hydrogen-bond donors (Lipinski definition) is 2. The highest BCUT2D eigenvalue weighted by Crippen LogP contribution is 2.25. The zero-order valence-electron chi connectivity index (χ0n) is 14.0. The van der Waals surface area contributed by atoms with Gasteiger partial charge in [-0.15, -0.1) is 11.8 Å². The minimum atomic E-state index is -0.586.